The lowest BCUT2D eigenvalue weighted by Crippen LogP contribution is -2.30. The molecule has 0 fully saturated rings. The number of hydrogen-bond acceptors (Lipinski definition) is 2. The first-order valence-electron chi connectivity index (χ1n) is 5.63. The molecular formula is C12H24O2. The van der Waals surface area contributed by atoms with Gasteiger partial charge in [-0.2, -0.15) is 0 Å². The molecule has 0 saturated heterocycles. The van der Waals surface area contributed by atoms with E-state index in [4.69, 9.17) is 4.74 Å². The summed E-state index contributed by atoms with van der Waals surface area (Å²) in [6.07, 6.45) is 1.41. The fraction of sp³-hybridized carbons (Fsp3) is 0.917. The van der Waals surface area contributed by atoms with E-state index in [9.17, 15) is 4.79 Å². The highest BCUT2D eigenvalue weighted by molar-refractivity contribution is 5.83. The van der Waals surface area contributed by atoms with Gasteiger partial charge in [-0.3, -0.25) is 4.79 Å². The number of carbonyl (C=O) groups excluding carboxylic acids is 1. The van der Waals surface area contributed by atoms with Crippen LogP contribution in [0.4, 0.5) is 0 Å². The molecule has 0 aliphatic heterocycles. The molecule has 1 unspecified atom stereocenters. The van der Waals surface area contributed by atoms with Gasteiger partial charge in [0.1, 0.15) is 6.10 Å². The Hall–Kier alpha value is -0.370. The third kappa shape index (κ3) is 5.38. The second kappa shape index (κ2) is 6.99. The normalized spacial score (nSPS) is 13.6. The molecule has 1 atom stereocenters. The highest BCUT2D eigenvalue weighted by Gasteiger charge is 2.22. The van der Waals surface area contributed by atoms with Crippen LogP contribution in [0.5, 0.6) is 0 Å². The predicted octanol–water partition coefficient (Wildman–Crippen LogP) is 3.05. The Morgan fingerprint density at radius 3 is 2.14 bits per heavy atom. The summed E-state index contributed by atoms with van der Waals surface area (Å²) in [4.78, 5) is 11.8. The van der Waals surface area contributed by atoms with Gasteiger partial charge in [-0.1, -0.05) is 34.6 Å². The van der Waals surface area contributed by atoms with Crippen LogP contribution in [0.3, 0.4) is 0 Å². The fourth-order valence-corrected chi connectivity index (χ4v) is 1.42. The number of Topliss-reactive ketones (excluding diaryl/α,β-unsaturated/α-hetero) is 1. The maximum Gasteiger partial charge on any atom is 0.162 e. The van der Waals surface area contributed by atoms with Crippen molar-refractivity contribution in [2.75, 3.05) is 6.61 Å². The Morgan fingerprint density at radius 2 is 1.79 bits per heavy atom. The molecule has 0 spiro atoms. The Balaban J connectivity index is 4.11. The first kappa shape index (κ1) is 13.6. The molecule has 0 N–H and O–H groups in total. The van der Waals surface area contributed by atoms with E-state index in [1.54, 1.807) is 0 Å². The number of hydrogen-bond donors (Lipinski definition) is 0. The summed E-state index contributed by atoms with van der Waals surface area (Å²) in [7, 11) is 0. The predicted molar refractivity (Wildman–Crippen MR) is 59.3 cm³/mol. The number of carbonyl (C=O) groups is 1. The molecule has 0 aromatic carbocycles. The van der Waals surface area contributed by atoms with Crippen LogP contribution in [-0.4, -0.2) is 18.5 Å². The molecular weight excluding hydrogens is 176 g/mol. The van der Waals surface area contributed by atoms with Crippen LogP contribution >= 0.6 is 0 Å². The summed E-state index contributed by atoms with van der Waals surface area (Å²) < 4.78 is 5.57. The molecule has 2 nitrogen and oxygen atoms in total. The van der Waals surface area contributed by atoms with Crippen LogP contribution in [0.1, 0.15) is 47.5 Å². The maximum absolute atomic E-state index is 11.8. The molecule has 2 heteroatoms. The lowest BCUT2D eigenvalue weighted by atomic mass is 9.96. The van der Waals surface area contributed by atoms with Crippen LogP contribution in [0.15, 0.2) is 0 Å². The summed E-state index contributed by atoms with van der Waals surface area (Å²) >= 11 is 0. The zero-order valence-electron chi connectivity index (χ0n) is 10.2. The van der Waals surface area contributed by atoms with E-state index in [0.717, 1.165) is 6.42 Å². The molecule has 0 aromatic heterocycles. The molecule has 84 valence electrons. The molecule has 14 heavy (non-hydrogen) atoms. The van der Waals surface area contributed by atoms with Gasteiger partial charge in [-0.05, 0) is 18.3 Å². The van der Waals surface area contributed by atoms with Crippen LogP contribution < -0.4 is 0 Å². The maximum atomic E-state index is 11.8. The Kier molecular flexibility index (Phi) is 6.81. The third-order valence-corrected chi connectivity index (χ3v) is 2.03. The average Bonchev–Trinajstić information content (AvgIpc) is 2.02. The minimum Gasteiger partial charge on any atom is -0.370 e. The standard InChI is InChI=1S/C12H24O2/c1-6-7-14-12(10(4)5)11(13)8-9(2)3/h9-10,12H,6-8H2,1-5H3. The minimum absolute atomic E-state index is 0.197. The summed E-state index contributed by atoms with van der Waals surface area (Å²) in [5.41, 5.74) is 0. The van der Waals surface area contributed by atoms with Gasteiger partial charge in [0.2, 0.25) is 0 Å². The summed E-state index contributed by atoms with van der Waals surface area (Å²) in [5.74, 6) is 0.963. The van der Waals surface area contributed by atoms with E-state index < -0.39 is 0 Å². The van der Waals surface area contributed by atoms with Crippen LogP contribution in [0.25, 0.3) is 0 Å². The van der Waals surface area contributed by atoms with E-state index in [0.29, 0.717) is 18.9 Å². The Bertz CT molecular complexity index is 162. The first-order valence-corrected chi connectivity index (χ1v) is 5.63. The van der Waals surface area contributed by atoms with Gasteiger partial charge in [0.25, 0.3) is 0 Å². The molecule has 0 aromatic rings. The Morgan fingerprint density at radius 1 is 1.21 bits per heavy atom. The number of ketones is 1. The second-order valence-corrected chi connectivity index (χ2v) is 4.60. The van der Waals surface area contributed by atoms with Crippen LogP contribution in [0, 0.1) is 11.8 Å². The average molecular weight is 200 g/mol. The van der Waals surface area contributed by atoms with E-state index in [1.807, 2.05) is 13.8 Å². The van der Waals surface area contributed by atoms with Gasteiger partial charge in [-0.25, -0.2) is 0 Å². The molecule has 0 saturated carbocycles. The lowest BCUT2D eigenvalue weighted by Gasteiger charge is -2.20. The summed E-state index contributed by atoms with van der Waals surface area (Å²) in [6.45, 7) is 11.0. The monoisotopic (exact) mass is 200 g/mol. The summed E-state index contributed by atoms with van der Waals surface area (Å²) in [5, 5.41) is 0. The van der Waals surface area contributed by atoms with Crippen molar-refractivity contribution in [3.8, 4) is 0 Å². The molecule has 0 bridgehead atoms. The van der Waals surface area contributed by atoms with E-state index >= 15 is 0 Å². The number of ether oxygens (including phenoxy) is 1. The molecule has 0 amide bonds. The van der Waals surface area contributed by atoms with Gasteiger partial charge in [-0.15, -0.1) is 0 Å². The molecule has 0 aliphatic carbocycles. The van der Waals surface area contributed by atoms with E-state index in [2.05, 4.69) is 20.8 Å². The fourth-order valence-electron chi connectivity index (χ4n) is 1.42. The highest BCUT2D eigenvalue weighted by atomic mass is 16.5. The van der Waals surface area contributed by atoms with Crippen LogP contribution in [-0.2, 0) is 9.53 Å². The Labute approximate surface area is 88.0 Å². The quantitative estimate of drug-likeness (QED) is 0.631. The largest absolute Gasteiger partial charge is 0.370 e. The van der Waals surface area contributed by atoms with Crippen molar-refractivity contribution in [3.63, 3.8) is 0 Å². The van der Waals surface area contributed by atoms with Crippen molar-refractivity contribution in [2.24, 2.45) is 11.8 Å². The molecule has 0 radical (unpaired) electrons. The number of rotatable bonds is 7. The van der Waals surface area contributed by atoms with Crippen LogP contribution in [0.2, 0.25) is 0 Å². The van der Waals surface area contributed by atoms with Gasteiger partial charge in [0.15, 0.2) is 5.78 Å². The molecule has 0 heterocycles. The van der Waals surface area contributed by atoms with Crippen molar-refractivity contribution >= 4 is 5.78 Å². The van der Waals surface area contributed by atoms with Gasteiger partial charge >= 0.3 is 0 Å². The second-order valence-electron chi connectivity index (χ2n) is 4.60. The van der Waals surface area contributed by atoms with Crippen molar-refractivity contribution in [1.82, 2.24) is 0 Å². The van der Waals surface area contributed by atoms with E-state index in [1.165, 1.54) is 0 Å². The van der Waals surface area contributed by atoms with Gasteiger partial charge in [0, 0.05) is 13.0 Å². The smallest absolute Gasteiger partial charge is 0.162 e. The highest BCUT2D eigenvalue weighted by Crippen LogP contribution is 2.13. The van der Waals surface area contributed by atoms with Crippen molar-refractivity contribution in [1.29, 1.82) is 0 Å². The van der Waals surface area contributed by atoms with Crippen molar-refractivity contribution in [3.05, 3.63) is 0 Å². The minimum atomic E-state index is -0.197. The first-order chi connectivity index (χ1) is 6.49. The summed E-state index contributed by atoms with van der Waals surface area (Å²) in [6, 6.07) is 0. The van der Waals surface area contributed by atoms with Crippen molar-refractivity contribution in [2.45, 2.75) is 53.6 Å². The zero-order valence-corrected chi connectivity index (χ0v) is 10.2. The lowest BCUT2D eigenvalue weighted by molar-refractivity contribution is -0.134. The SMILES string of the molecule is CCCOC(C(=O)CC(C)C)C(C)C. The topological polar surface area (TPSA) is 26.3 Å². The van der Waals surface area contributed by atoms with Crippen molar-refractivity contribution < 1.29 is 9.53 Å². The van der Waals surface area contributed by atoms with E-state index in [-0.39, 0.29) is 17.8 Å². The third-order valence-electron chi connectivity index (χ3n) is 2.03. The van der Waals surface area contributed by atoms with Gasteiger partial charge < -0.3 is 4.74 Å². The molecule has 0 aliphatic rings. The zero-order chi connectivity index (χ0) is 11.1. The molecule has 0 rings (SSSR count). The van der Waals surface area contributed by atoms with Gasteiger partial charge in [0.05, 0.1) is 0 Å².